The van der Waals surface area contributed by atoms with Gasteiger partial charge in [-0.25, -0.2) is 4.98 Å². The molecule has 0 saturated carbocycles. The van der Waals surface area contributed by atoms with Crippen molar-refractivity contribution >= 4 is 22.6 Å². The highest BCUT2D eigenvalue weighted by molar-refractivity contribution is 6.06. The second kappa shape index (κ2) is 7.19. The van der Waals surface area contributed by atoms with Crippen LogP contribution in [0, 0.1) is 13.8 Å². The van der Waals surface area contributed by atoms with E-state index in [0.29, 0.717) is 11.3 Å². The van der Waals surface area contributed by atoms with Crippen LogP contribution in [0.3, 0.4) is 0 Å². The number of nitrogens with one attached hydrogen (secondary N) is 1. The maximum atomic E-state index is 12.6. The fourth-order valence-corrected chi connectivity index (χ4v) is 3.20. The van der Waals surface area contributed by atoms with E-state index in [2.05, 4.69) is 46.9 Å². The largest absolute Gasteiger partial charge is 0.497 e. The second-order valence-electron chi connectivity index (χ2n) is 6.79. The highest BCUT2D eigenvalue weighted by Crippen LogP contribution is 2.23. The molecule has 5 heteroatoms. The predicted molar refractivity (Wildman–Crippen MR) is 111 cm³/mol. The molecule has 28 heavy (non-hydrogen) atoms. The maximum absolute atomic E-state index is 12.6. The highest BCUT2D eigenvalue weighted by atomic mass is 16.5. The monoisotopic (exact) mass is 371 g/mol. The van der Waals surface area contributed by atoms with Crippen molar-refractivity contribution in [2.45, 2.75) is 13.8 Å². The molecule has 0 aliphatic rings. The van der Waals surface area contributed by atoms with E-state index in [1.807, 2.05) is 42.5 Å². The number of nitrogens with zero attached hydrogens (tertiary/aromatic N) is 2. The number of imidazole rings is 1. The Hall–Kier alpha value is -3.60. The molecule has 0 unspecified atom stereocenters. The Kier molecular flexibility index (Phi) is 4.57. The lowest BCUT2D eigenvalue weighted by atomic mass is 10.1. The first-order valence-corrected chi connectivity index (χ1v) is 9.05. The number of amides is 1. The van der Waals surface area contributed by atoms with Crippen LogP contribution in [0.4, 0.5) is 5.69 Å². The topological polar surface area (TPSA) is 56.1 Å². The quantitative estimate of drug-likeness (QED) is 0.555. The van der Waals surface area contributed by atoms with Crippen LogP contribution in [-0.2, 0) is 0 Å². The number of anilines is 1. The van der Waals surface area contributed by atoms with Crippen molar-refractivity contribution in [3.63, 3.8) is 0 Å². The molecule has 3 aromatic carbocycles. The van der Waals surface area contributed by atoms with Gasteiger partial charge < -0.3 is 10.1 Å². The van der Waals surface area contributed by atoms with Crippen LogP contribution in [0.1, 0.15) is 21.5 Å². The Morgan fingerprint density at radius 3 is 2.54 bits per heavy atom. The Morgan fingerprint density at radius 2 is 1.79 bits per heavy atom. The van der Waals surface area contributed by atoms with Crippen LogP contribution in [-0.4, -0.2) is 22.6 Å². The fourth-order valence-electron chi connectivity index (χ4n) is 3.20. The molecule has 1 heterocycles. The SMILES string of the molecule is COc1ccc(NC(=O)c2ccc3c(c2)ncn3-c2cc(C)ccc2C)cc1. The average Bonchev–Trinajstić information content (AvgIpc) is 3.13. The molecule has 4 rings (SSSR count). The lowest BCUT2D eigenvalue weighted by molar-refractivity contribution is 0.102. The third kappa shape index (κ3) is 3.34. The van der Waals surface area contributed by atoms with Gasteiger partial charge in [0.2, 0.25) is 0 Å². The third-order valence-electron chi connectivity index (χ3n) is 4.78. The number of carbonyl (C=O) groups excluding carboxylic acids is 1. The third-order valence-corrected chi connectivity index (χ3v) is 4.78. The minimum atomic E-state index is -0.173. The first-order chi connectivity index (χ1) is 13.5. The molecule has 0 bridgehead atoms. The number of hydrogen-bond donors (Lipinski definition) is 1. The Balaban J connectivity index is 1.63. The van der Waals surface area contributed by atoms with E-state index in [-0.39, 0.29) is 5.91 Å². The fraction of sp³-hybridized carbons (Fsp3) is 0.130. The van der Waals surface area contributed by atoms with Crippen molar-refractivity contribution in [1.82, 2.24) is 9.55 Å². The summed E-state index contributed by atoms with van der Waals surface area (Å²) in [7, 11) is 1.61. The number of aryl methyl sites for hydroxylation is 2. The molecule has 4 aromatic rings. The van der Waals surface area contributed by atoms with E-state index >= 15 is 0 Å². The first-order valence-electron chi connectivity index (χ1n) is 9.05. The van der Waals surface area contributed by atoms with Gasteiger partial charge in [-0.3, -0.25) is 9.36 Å². The van der Waals surface area contributed by atoms with Gasteiger partial charge in [-0.1, -0.05) is 12.1 Å². The molecule has 0 atom stereocenters. The van der Waals surface area contributed by atoms with Gasteiger partial charge in [0.05, 0.1) is 23.8 Å². The minimum Gasteiger partial charge on any atom is -0.497 e. The van der Waals surface area contributed by atoms with Gasteiger partial charge >= 0.3 is 0 Å². The Bertz CT molecular complexity index is 1160. The summed E-state index contributed by atoms with van der Waals surface area (Å²) in [5.41, 5.74) is 6.49. The lowest BCUT2D eigenvalue weighted by Gasteiger charge is -2.10. The van der Waals surface area contributed by atoms with Crippen LogP contribution in [0.15, 0.2) is 67.0 Å². The first kappa shape index (κ1) is 17.8. The van der Waals surface area contributed by atoms with Gasteiger partial charge in [-0.2, -0.15) is 0 Å². The Labute approximate surface area is 163 Å². The van der Waals surface area contributed by atoms with Crippen LogP contribution < -0.4 is 10.1 Å². The highest BCUT2D eigenvalue weighted by Gasteiger charge is 2.12. The maximum Gasteiger partial charge on any atom is 0.255 e. The lowest BCUT2D eigenvalue weighted by Crippen LogP contribution is -2.11. The average molecular weight is 371 g/mol. The van der Waals surface area contributed by atoms with E-state index < -0.39 is 0 Å². The smallest absolute Gasteiger partial charge is 0.255 e. The van der Waals surface area contributed by atoms with E-state index in [9.17, 15) is 4.79 Å². The molecule has 0 aliphatic heterocycles. The van der Waals surface area contributed by atoms with Gasteiger partial charge in [0.25, 0.3) is 5.91 Å². The number of fused-ring (bicyclic) bond motifs is 1. The zero-order valence-electron chi connectivity index (χ0n) is 16.1. The van der Waals surface area contributed by atoms with Crippen LogP contribution >= 0.6 is 0 Å². The summed E-state index contributed by atoms with van der Waals surface area (Å²) >= 11 is 0. The number of benzene rings is 3. The molecule has 0 saturated heterocycles. The molecule has 140 valence electrons. The van der Waals surface area contributed by atoms with Gasteiger partial charge in [0.1, 0.15) is 12.1 Å². The predicted octanol–water partition coefficient (Wildman–Crippen LogP) is 4.90. The van der Waals surface area contributed by atoms with E-state index in [0.717, 1.165) is 22.5 Å². The van der Waals surface area contributed by atoms with Gasteiger partial charge in [-0.05, 0) is 73.5 Å². The van der Waals surface area contributed by atoms with Crippen molar-refractivity contribution in [2.75, 3.05) is 12.4 Å². The number of methoxy groups -OCH3 is 1. The summed E-state index contributed by atoms with van der Waals surface area (Å²) < 4.78 is 7.20. The van der Waals surface area contributed by atoms with Gasteiger partial charge in [0, 0.05) is 11.3 Å². The molecule has 5 nitrogen and oxygen atoms in total. The zero-order chi connectivity index (χ0) is 19.7. The molecule has 0 spiro atoms. The summed E-state index contributed by atoms with van der Waals surface area (Å²) in [5.74, 6) is 0.574. The van der Waals surface area contributed by atoms with Crippen molar-refractivity contribution in [3.8, 4) is 11.4 Å². The molecule has 0 fully saturated rings. The van der Waals surface area contributed by atoms with Crippen molar-refractivity contribution in [2.24, 2.45) is 0 Å². The van der Waals surface area contributed by atoms with E-state index in [1.54, 1.807) is 13.4 Å². The number of aromatic nitrogens is 2. The van der Waals surface area contributed by atoms with E-state index in [1.165, 1.54) is 11.1 Å². The molecule has 1 amide bonds. The summed E-state index contributed by atoms with van der Waals surface area (Å²) in [5, 5.41) is 2.90. The standard InChI is InChI=1S/C23H21N3O2/c1-15-4-5-16(2)22(12-15)26-14-24-20-13-17(6-11-21(20)26)23(27)25-18-7-9-19(28-3)10-8-18/h4-14H,1-3H3,(H,25,27). The van der Waals surface area contributed by atoms with Gasteiger partial charge in [-0.15, -0.1) is 0 Å². The summed E-state index contributed by atoms with van der Waals surface area (Å²) in [6.07, 6.45) is 1.80. The second-order valence-corrected chi connectivity index (χ2v) is 6.79. The Morgan fingerprint density at radius 1 is 1.00 bits per heavy atom. The summed E-state index contributed by atoms with van der Waals surface area (Å²) in [4.78, 5) is 17.1. The molecule has 0 radical (unpaired) electrons. The molecule has 0 aliphatic carbocycles. The molecular weight excluding hydrogens is 350 g/mol. The van der Waals surface area contributed by atoms with Crippen LogP contribution in [0.25, 0.3) is 16.7 Å². The molecular formula is C23H21N3O2. The van der Waals surface area contributed by atoms with Gasteiger partial charge in [0.15, 0.2) is 0 Å². The normalized spacial score (nSPS) is 10.8. The summed E-state index contributed by atoms with van der Waals surface area (Å²) in [6.45, 7) is 4.15. The van der Waals surface area contributed by atoms with Crippen LogP contribution in [0.5, 0.6) is 5.75 Å². The van der Waals surface area contributed by atoms with Crippen LogP contribution in [0.2, 0.25) is 0 Å². The van der Waals surface area contributed by atoms with Crippen molar-refractivity contribution in [3.05, 3.63) is 83.7 Å². The number of hydrogen-bond acceptors (Lipinski definition) is 3. The zero-order valence-corrected chi connectivity index (χ0v) is 16.1. The number of ether oxygens (including phenoxy) is 1. The van der Waals surface area contributed by atoms with Crippen molar-refractivity contribution < 1.29 is 9.53 Å². The number of carbonyl (C=O) groups is 1. The molecule has 1 N–H and O–H groups in total. The molecule has 1 aromatic heterocycles. The van der Waals surface area contributed by atoms with Crippen molar-refractivity contribution in [1.29, 1.82) is 0 Å². The summed E-state index contributed by atoms with van der Waals surface area (Å²) in [6, 6.07) is 19.2. The number of rotatable bonds is 4. The minimum absolute atomic E-state index is 0.173. The van der Waals surface area contributed by atoms with E-state index in [4.69, 9.17) is 4.74 Å².